The van der Waals surface area contributed by atoms with Crippen molar-refractivity contribution in [3.8, 4) is 17.0 Å². The number of hydrogen-bond donors (Lipinski definition) is 4. The maximum atomic E-state index is 14.4. The molecule has 0 radical (unpaired) electrons. The number of aromatic hydroxyl groups is 1. The number of aliphatic hydroxyl groups excluding tert-OH is 1. The van der Waals surface area contributed by atoms with E-state index in [2.05, 4.69) is 15.4 Å². The number of rotatable bonds is 5. The first-order valence-corrected chi connectivity index (χ1v) is 10.5. The van der Waals surface area contributed by atoms with Crippen molar-refractivity contribution in [1.82, 2.24) is 14.8 Å². The van der Waals surface area contributed by atoms with Crippen LogP contribution in [0, 0.1) is 17.5 Å². The monoisotopic (exact) mass is 481 g/mol. The Labute approximate surface area is 192 Å². The highest BCUT2D eigenvalue weighted by Crippen LogP contribution is 2.34. The van der Waals surface area contributed by atoms with E-state index in [9.17, 15) is 27.8 Å². The van der Waals surface area contributed by atoms with E-state index >= 15 is 0 Å². The molecule has 3 aromatic rings. The summed E-state index contributed by atoms with van der Waals surface area (Å²) in [7, 11) is 1.65. The minimum absolute atomic E-state index is 0.134. The summed E-state index contributed by atoms with van der Waals surface area (Å²) in [4.78, 5) is 3.90. The van der Waals surface area contributed by atoms with Crippen LogP contribution in [-0.4, -0.2) is 43.8 Å². The molecule has 1 aliphatic rings. The number of benzene rings is 1. The summed E-state index contributed by atoms with van der Waals surface area (Å²) in [6.45, 7) is -0.189. The molecule has 0 spiro atoms. The molecular weight excluding hydrogens is 458 g/mol. The lowest BCUT2D eigenvalue weighted by atomic mass is 10.0. The lowest BCUT2D eigenvalue weighted by molar-refractivity contribution is 0.0246. The van der Waals surface area contributed by atoms with Gasteiger partial charge in [-0.1, -0.05) is 0 Å². The molecule has 0 bridgehead atoms. The van der Waals surface area contributed by atoms with Crippen molar-refractivity contribution >= 4 is 5.69 Å². The smallest absolute Gasteiger partial charge is 0.168 e. The molecule has 0 aliphatic carbocycles. The van der Waals surface area contributed by atoms with Gasteiger partial charge in [-0.3, -0.25) is 4.68 Å². The third-order valence-corrected chi connectivity index (χ3v) is 5.68. The zero-order chi connectivity index (χ0) is 24.6. The Morgan fingerprint density at radius 1 is 1.18 bits per heavy atom. The SMILES string of the molecule is Cn1ncc(NC(O)c2ccc(F)c(-c3c(F)cc(O)cc3F)n2)c1[C@@H]1CC[C@@H](N)[C@H](F)CO1. The average molecular weight is 481 g/mol. The predicted octanol–water partition coefficient (Wildman–Crippen LogP) is 3.22. The molecule has 0 saturated carbocycles. The summed E-state index contributed by atoms with van der Waals surface area (Å²) in [5.41, 5.74) is 5.08. The molecule has 0 amide bonds. The highest BCUT2D eigenvalue weighted by molar-refractivity contribution is 5.63. The van der Waals surface area contributed by atoms with Gasteiger partial charge in [0, 0.05) is 25.2 Å². The van der Waals surface area contributed by atoms with Crippen LogP contribution in [0.4, 0.5) is 23.2 Å². The topological polar surface area (TPSA) is 118 Å². The quantitative estimate of drug-likeness (QED) is 0.326. The standard InChI is InChI=1S/C22H23F4N5O3/c1-31-21(18-5-3-15(27)14(26)9-34-18)17(8-28-31)30-22(33)16-4-2-11(23)20(29-16)19-12(24)6-10(32)7-13(19)25/h2,4,6-8,14-15,18,22,30,32-33H,3,5,9,27H2,1H3/t14-,15-,18+,22?/m1/s1. The van der Waals surface area contributed by atoms with E-state index in [4.69, 9.17) is 10.5 Å². The van der Waals surface area contributed by atoms with Crippen LogP contribution in [-0.2, 0) is 11.8 Å². The van der Waals surface area contributed by atoms with E-state index < -0.39 is 59.0 Å². The van der Waals surface area contributed by atoms with Gasteiger partial charge in [0.05, 0.1) is 35.4 Å². The van der Waals surface area contributed by atoms with Crippen LogP contribution in [0.25, 0.3) is 11.3 Å². The molecule has 1 fully saturated rings. The number of pyridine rings is 1. The number of halogens is 4. The van der Waals surface area contributed by atoms with Gasteiger partial charge in [0.2, 0.25) is 0 Å². The number of hydrogen-bond acceptors (Lipinski definition) is 7. The lowest BCUT2D eigenvalue weighted by Crippen LogP contribution is -2.32. The van der Waals surface area contributed by atoms with Crippen LogP contribution in [0.3, 0.4) is 0 Å². The summed E-state index contributed by atoms with van der Waals surface area (Å²) >= 11 is 0. The van der Waals surface area contributed by atoms with Crippen molar-refractivity contribution in [2.75, 3.05) is 11.9 Å². The van der Waals surface area contributed by atoms with Crippen molar-refractivity contribution in [2.24, 2.45) is 12.8 Å². The van der Waals surface area contributed by atoms with Crippen molar-refractivity contribution in [2.45, 2.75) is 37.4 Å². The second kappa shape index (κ2) is 9.57. The second-order valence-electron chi connectivity index (χ2n) is 8.04. The van der Waals surface area contributed by atoms with Crippen molar-refractivity contribution in [3.05, 3.63) is 59.3 Å². The fraction of sp³-hybridized carbons (Fsp3) is 0.364. The molecule has 182 valence electrons. The Morgan fingerprint density at radius 3 is 2.59 bits per heavy atom. The van der Waals surface area contributed by atoms with Crippen molar-refractivity contribution in [1.29, 1.82) is 0 Å². The van der Waals surface area contributed by atoms with Gasteiger partial charge in [-0.25, -0.2) is 22.5 Å². The van der Waals surface area contributed by atoms with Crippen LogP contribution in [0.2, 0.25) is 0 Å². The second-order valence-corrected chi connectivity index (χ2v) is 8.04. The summed E-state index contributed by atoms with van der Waals surface area (Å²) < 4.78 is 64.0. The maximum Gasteiger partial charge on any atom is 0.168 e. The normalized spacial score (nSPS) is 21.8. The molecule has 34 heavy (non-hydrogen) atoms. The highest BCUT2D eigenvalue weighted by Gasteiger charge is 2.30. The van der Waals surface area contributed by atoms with Crippen LogP contribution < -0.4 is 11.1 Å². The minimum Gasteiger partial charge on any atom is -0.508 e. The zero-order valence-electron chi connectivity index (χ0n) is 18.1. The Balaban J connectivity index is 1.62. The molecule has 5 N–H and O–H groups in total. The molecular formula is C22H23F4N5O3. The van der Waals surface area contributed by atoms with E-state index in [1.807, 2.05) is 0 Å². The van der Waals surface area contributed by atoms with Crippen LogP contribution in [0.15, 0.2) is 30.5 Å². The van der Waals surface area contributed by atoms with E-state index in [-0.39, 0.29) is 12.3 Å². The van der Waals surface area contributed by atoms with Gasteiger partial charge in [0.15, 0.2) is 6.23 Å². The van der Waals surface area contributed by atoms with E-state index in [0.29, 0.717) is 36.4 Å². The fourth-order valence-corrected chi connectivity index (χ4v) is 3.89. The predicted molar refractivity (Wildman–Crippen MR) is 114 cm³/mol. The fourth-order valence-electron chi connectivity index (χ4n) is 3.89. The number of anilines is 1. The van der Waals surface area contributed by atoms with Gasteiger partial charge in [-0.15, -0.1) is 0 Å². The van der Waals surface area contributed by atoms with E-state index in [1.165, 1.54) is 10.9 Å². The molecule has 1 unspecified atom stereocenters. The van der Waals surface area contributed by atoms with Gasteiger partial charge in [-0.2, -0.15) is 5.10 Å². The summed E-state index contributed by atoms with van der Waals surface area (Å²) in [5.74, 6) is -4.12. The molecule has 4 rings (SSSR count). The molecule has 8 nitrogen and oxygen atoms in total. The molecule has 2 aromatic heterocycles. The van der Waals surface area contributed by atoms with Crippen LogP contribution in [0.1, 0.15) is 36.6 Å². The molecule has 1 aromatic carbocycles. The first-order chi connectivity index (χ1) is 16.2. The Hall–Kier alpha value is -3.22. The molecule has 4 atom stereocenters. The summed E-state index contributed by atoms with van der Waals surface area (Å²) in [5, 5.41) is 27.0. The lowest BCUT2D eigenvalue weighted by Gasteiger charge is -2.20. The van der Waals surface area contributed by atoms with Crippen molar-refractivity contribution in [3.63, 3.8) is 0 Å². The first kappa shape index (κ1) is 23.9. The van der Waals surface area contributed by atoms with E-state index in [1.54, 1.807) is 7.05 Å². The number of nitrogens with two attached hydrogens (primary N) is 1. The van der Waals surface area contributed by atoms with E-state index in [0.717, 1.165) is 12.1 Å². The molecule has 3 heterocycles. The largest absolute Gasteiger partial charge is 0.508 e. The Morgan fingerprint density at radius 2 is 1.88 bits per heavy atom. The van der Waals surface area contributed by atoms with Gasteiger partial charge in [-0.05, 0) is 25.0 Å². The van der Waals surface area contributed by atoms with Gasteiger partial charge in [0.1, 0.15) is 41.2 Å². The number of aromatic nitrogens is 3. The summed E-state index contributed by atoms with van der Waals surface area (Å²) in [6.07, 6.45) is -1.15. The number of phenols is 1. The number of nitrogens with one attached hydrogen (secondary N) is 1. The Kier molecular flexibility index (Phi) is 6.73. The number of aliphatic hydroxyl groups is 1. The first-order valence-electron chi connectivity index (χ1n) is 10.5. The van der Waals surface area contributed by atoms with Gasteiger partial charge in [0.25, 0.3) is 0 Å². The minimum atomic E-state index is -1.52. The third kappa shape index (κ3) is 4.69. The number of aryl methyl sites for hydroxylation is 1. The molecule has 1 saturated heterocycles. The van der Waals surface area contributed by atoms with Gasteiger partial charge >= 0.3 is 0 Å². The number of nitrogens with zero attached hydrogens (tertiary/aromatic N) is 3. The molecule has 12 heteroatoms. The highest BCUT2D eigenvalue weighted by atomic mass is 19.1. The zero-order valence-corrected chi connectivity index (χ0v) is 18.1. The Bertz CT molecular complexity index is 1160. The number of ether oxygens (including phenoxy) is 1. The average Bonchev–Trinajstić information content (AvgIpc) is 3.04. The van der Waals surface area contributed by atoms with Crippen LogP contribution >= 0.6 is 0 Å². The summed E-state index contributed by atoms with van der Waals surface area (Å²) in [6, 6.07) is 2.67. The number of alkyl halides is 1. The number of phenolic OH excluding ortho intramolecular Hbond substituents is 1. The third-order valence-electron chi connectivity index (χ3n) is 5.68. The van der Waals surface area contributed by atoms with Gasteiger partial charge < -0.3 is 26.0 Å². The van der Waals surface area contributed by atoms with Crippen LogP contribution in [0.5, 0.6) is 5.75 Å². The maximum absolute atomic E-state index is 14.4. The molecule has 1 aliphatic heterocycles. The van der Waals surface area contributed by atoms with Crippen molar-refractivity contribution < 1.29 is 32.5 Å².